The lowest BCUT2D eigenvalue weighted by molar-refractivity contribution is -0.152. The monoisotopic (exact) mass is 611 g/mol. The fourth-order valence-electron chi connectivity index (χ4n) is 6.02. The van der Waals surface area contributed by atoms with Crippen LogP contribution < -0.4 is 10.6 Å². The smallest absolute Gasteiger partial charge is 0.407 e. The van der Waals surface area contributed by atoms with Gasteiger partial charge in [-0.2, -0.15) is 0 Å². The highest BCUT2D eigenvalue weighted by molar-refractivity contribution is 8.00. The maximum atomic E-state index is 13.9. The van der Waals surface area contributed by atoms with E-state index in [-0.39, 0.29) is 37.0 Å². The predicted octanol–water partition coefficient (Wildman–Crippen LogP) is 3.14. The van der Waals surface area contributed by atoms with Crippen LogP contribution in [0.5, 0.6) is 0 Å². The maximum absolute atomic E-state index is 13.9. The van der Waals surface area contributed by atoms with Gasteiger partial charge in [-0.15, -0.1) is 11.8 Å². The number of ether oxygens (including phenoxy) is 3. The molecule has 0 radical (unpaired) electrons. The number of aryl methyl sites for hydroxylation is 1. The van der Waals surface area contributed by atoms with Crippen molar-refractivity contribution in [3.63, 3.8) is 0 Å². The Morgan fingerprint density at radius 1 is 1.12 bits per heavy atom. The first-order valence-electron chi connectivity index (χ1n) is 14.8. The predicted molar refractivity (Wildman–Crippen MR) is 162 cm³/mol. The van der Waals surface area contributed by atoms with E-state index < -0.39 is 41.0 Å². The van der Waals surface area contributed by atoms with E-state index in [1.54, 1.807) is 0 Å². The fraction of sp³-hybridized carbons (Fsp3) is 0.531. The summed E-state index contributed by atoms with van der Waals surface area (Å²) in [6, 6.07) is 15.3. The molecular weight excluding hydrogens is 570 g/mol. The Bertz CT molecular complexity index is 1290. The van der Waals surface area contributed by atoms with Crippen LogP contribution in [-0.4, -0.2) is 82.3 Å². The van der Waals surface area contributed by atoms with Crippen LogP contribution in [-0.2, 0) is 36.8 Å². The number of alkyl carbamates (subject to hydrolysis) is 1. The molecule has 11 heteroatoms. The van der Waals surface area contributed by atoms with Gasteiger partial charge in [-0.1, -0.05) is 54.6 Å². The number of fused-ring (bicyclic) bond motifs is 1. The van der Waals surface area contributed by atoms with E-state index in [0.717, 1.165) is 29.5 Å². The number of nitrogens with zero attached hydrogens (tertiary/aromatic N) is 1. The first kappa shape index (κ1) is 31.3. The van der Waals surface area contributed by atoms with E-state index in [9.17, 15) is 19.5 Å². The second kappa shape index (κ2) is 13.7. The van der Waals surface area contributed by atoms with Gasteiger partial charge in [0, 0.05) is 23.8 Å². The van der Waals surface area contributed by atoms with Crippen LogP contribution >= 0.6 is 11.8 Å². The molecule has 0 aromatic heterocycles. The highest BCUT2D eigenvalue weighted by atomic mass is 32.2. The second-order valence-electron chi connectivity index (χ2n) is 11.9. The molecule has 0 spiro atoms. The van der Waals surface area contributed by atoms with E-state index in [1.807, 2.05) is 75.4 Å². The third kappa shape index (κ3) is 7.34. The summed E-state index contributed by atoms with van der Waals surface area (Å²) in [4.78, 5) is 41.9. The number of aliphatic hydroxyl groups is 1. The molecule has 0 saturated carbocycles. The highest BCUT2D eigenvalue weighted by Crippen LogP contribution is 2.40. The molecule has 0 bridgehead atoms. The SMILES string of the molecule is Cc1ccccc1CNC(=O)[C@H]1N(C(=O)[C@@H](O)[C@H](Cc2ccccc2)NC(=O)O[C@@H]2CO[C@@H]3OCCC[C@@H]32)CSC1(C)C. The molecule has 3 aliphatic rings. The summed E-state index contributed by atoms with van der Waals surface area (Å²) < 4.78 is 16.4. The Hall–Kier alpha value is -3.12. The van der Waals surface area contributed by atoms with Crippen molar-refractivity contribution in [1.82, 2.24) is 15.5 Å². The molecule has 3 aliphatic heterocycles. The molecule has 3 N–H and O–H groups in total. The molecule has 3 saturated heterocycles. The number of benzene rings is 2. The van der Waals surface area contributed by atoms with Crippen LogP contribution in [0, 0.1) is 12.8 Å². The summed E-state index contributed by atoms with van der Waals surface area (Å²) >= 11 is 1.47. The average Bonchev–Trinajstić information content (AvgIpc) is 3.55. The zero-order valence-electron chi connectivity index (χ0n) is 24.9. The van der Waals surface area contributed by atoms with Crippen molar-refractivity contribution >= 4 is 29.7 Å². The number of carbonyl (C=O) groups excluding carboxylic acids is 3. The molecule has 43 heavy (non-hydrogen) atoms. The van der Waals surface area contributed by atoms with Gasteiger partial charge in [0.2, 0.25) is 5.91 Å². The Balaban J connectivity index is 1.29. The molecule has 3 fully saturated rings. The van der Waals surface area contributed by atoms with Crippen molar-refractivity contribution in [2.24, 2.45) is 5.92 Å². The summed E-state index contributed by atoms with van der Waals surface area (Å²) in [5, 5.41) is 17.2. The number of carbonyl (C=O) groups is 3. The topological polar surface area (TPSA) is 126 Å². The quantitative estimate of drug-likeness (QED) is 0.395. The number of amides is 3. The number of hydrogen-bond donors (Lipinski definition) is 3. The van der Waals surface area contributed by atoms with Crippen molar-refractivity contribution in [3.8, 4) is 0 Å². The normalized spacial score (nSPS) is 25.8. The van der Waals surface area contributed by atoms with Gasteiger partial charge in [-0.25, -0.2) is 4.79 Å². The van der Waals surface area contributed by atoms with E-state index in [4.69, 9.17) is 14.2 Å². The van der Waals surface area contributed by atoms with Crippen molar-refractivity contribution in [2.75, 3.05) is 19.1 Å². The molecule has 3 amide bonds. The van der Waals surface area contributed by atoms with E-state index in [1.165, 1.54) is 16.7 Å². The lowest BCUT2D eigenvalue weighted by atomic mass is 9.96. The summed E-state index contributed by atoms with van der Waals surface area (Å²) in [5.41, 5.74) is 2.87. The number of thioether (sulfide) groups is 1. The van der Waals surface area contributed by atoms with Crippen LogP contribution in [0.2, 0.25) is 0 Å². The van der Waals surface area contributed by atoms with Crippen LogP contribution in [0.3, 0.4) is 0 Å². The molecule has 5 rings (SSSR count). The number of rotatable bonds is 9. The number of nitrogens with one attached hydrogen (secondary N) is 2. The summed E-state index contributed by atoms with van der Waals surface area (Å²) in [6.45, 7) is 6.98. The molecule has 232 valence electrons. The van der Waals surface area contributed by atoms with Gasteiger partial charge < -0.3 is 34.9 Å². The van der Waals surface area contributed by atoms with E-state index in [2.05, 4.69) is 10.6 Å². The first-order valence-corrected chi connectivity index (χ1v) is 15.8. The van der Waals surface area contributed by atoms with Crippen molar-refractivity contribution in [1.29, 1.82) is 0 Å². The van der Waals surface area contributed by atoms with Gasteiger partial charge in [0.05, 0.1) is 18.5 Å². The minimum Gasteiger partial charge on any atom is -0.443 e. The summed E-state index contributed by atoms with van der Waals surface area (Å²) in [7, 11) is 0. The van der Waals surface area contributed by atoms with Crippen molar-refractivity contribution < 1.29 is 33.7 Å². The molecule has 3 heterocycles. The number of aliphatic hydroxyl groups excluding tert-OH is 1. The fourth-order valence-corrected chi connectivity index (χ4v) is 7.16. The summed E-state index contributed by atoms with van der Waals surface area (Å²) in [5.74, 6) is -0.742. The van der Waals surface area contributed by atoms with Gasteiger partial charge in [-0.05, 0) is 56.7 Å². The van der Waals surface area contributed by atoms with Crippen LogP contribution in [0.25, 0.3) is 0 Å². The second-order valence-corrected chi connectivity index (χ2v) is 13.5. The largest absolute Gasteiger partial charge is 0.443 e. The van der Waals surface area contributed by atoms with Gasteiger partial charge >= 0.3 is 6.09 Å². The van der Waals surface area contributed by atoms with E-state index >= 15 is 0 Å². The molecule has 2 aromatic rings. The lowest BCUT2D eigenvalue weighted by Gasteiger charge is -2.33. The zero-order chi connectivity index (χ0) is 30.6. The van der Waals surface area contributed by atoms with Crippen molar-refractivity contribution in [2.45, 2.75) is 81.9 Å². The molecule has 0 unspecified atom stereocenters. The Labute approximate surface area is 256 Å². The number of hydrogen-bond acceptors (Lipinski definition) is 8. The first-order chi connectivity index (χ1) is 20.6. The molecule has 10 nitrogen and oxygen atoms in total. The lowest BCUT2D eigenvalue weighted by Crippen LogP contribution is -2.58. The van der Waals surface area contributed by atoms with Gasteiger partial charge in [-0.3, -0.25) is 9.59 Å². The summed E-state index contributed by atoms with van der Waals surface area (Å²) in [6.07, 6.45) is -1.34. The van der Waals surface area contributed by atoms with Crippen molar-refractivity contribution in [3.05, 3.63) is 71.3 Å². The maximum Gasteiger partial charge on any atom is 0.407 e. The Morgan fingerprint density at radius 2 is 1.86 bits per heavy atom. The van der Waals surface area contributed by atoms with Crippen LogP contribution in [0.4, 0.5) is 4.79 Å². The van der Waals surface area contributed by atoms with Crippen LogP contribution in [0.15, 0.2) is 54.6 Å². The highest BCUT2D eigenvalue weighted by Gasteiger charge is 2.50. The van der Waals surface area contributed by atoms with Gasteiger partial charge in [0.1, 0.15) is 12.1 Å². The van der Waals surface area contributed by atoms with Gasteiger partial charge in [0.25, 0.3) is 5.91 Å². The minimum atomic E-state index is -1.61. The molecule has 6 atom stereocenters. The third-order valence-electron chi connectivity index (χ3n) is 8.50. The minimum absolute atomic E-state index is 0.0542. The van der Waals surface area contributed by atoms with Crippen LogP contribution in [0.1, 0.15) is 43.4 Å². The molecular formula is C32H41N3O7S. The Kier molecular flexibility index (Phi) is 9.95. The molecule has 0 aliphatic carbocycles. The standard InChI is InChI=1S/C32H41N3O7S/c1-20-10-7-8-13-22(20)17-33-28(37)27-32(2,3)43-19-35(27)29(38)26(36)24(16-21-11-5-4-6-12-21)34-31(39)42-25-18-41-30-23(25)14-9-15-40-30/h4-8,10-13,23-27,30,36H,9,14-19H2,1-3H3,(H,33,37)(H,34,39)/t23-,24+,25-,26+,27-,30+/m1/s1. The zero-order valence-corrected chi connectivity index (χ0v) is 25.7. The Morgan fingerprint density at radius 3 is 2.63 bits per heavy atom. The van der Waals surface area contributed by atoms with E-state index in [0.29, 0.717) is 13.2 Å². The van der Waals surface area contributed by atoms with Gasteiger partial charge in [0.15, 0.2) is 12.4 Å². The average molecular weight is 612 g/mol. The third-order valence-corrected chi connectivity index (χ3v) is 9.88. The molecule has 2 aromatic carbocycles.